The lowest BCUT2D eigenvalue weighted by Crippen LogP contribution is -2.30. The molecule has 1 N–H and O–H groups in total. The minimum Gasteiger partial charge on any atom is -0.207 e. The fourth-order valence-corrected chi connectivity index (χ4v) is 4.35. The van der Waals surface area contributed by atoms with E-state index in [9.17, 15) is 8.42 Å². The molecule has 5 heteroatoms. The quantitative estimate of drug-likeness (QED) is 0.895. The summed E-state index contributed by atoms with van der Waals surface area (Å²) in [4.78, 5) is 0.134. The first kappa shape index (κ1) is 15.5. The summed E-state index contributed by atoms with van der Waals surface area (Å²) in [6.45, 7) is 2.02. The van der Waals surface area contributed by atoms with Crippen LogP contribution in [-0.4, -0.2) is 8.42 Å². The molecule has 0 amide bonds. The third-order valence-corrected chi connectivity index (χ3v) is 5.88. The molecule has 3 rings (SSSR count). The summed E-state index contributed by atoms with van der Waals surface area (Å²) in [6, 6.07) is 14.3. The van der Waals surface area contributed by atoms with Gasteiger partial charge in [-0.25, -0.2) is 13.1 Å². The minimum atomic E-state index is -3.64. The molecule has 22 heavy (non-hydrogen) atoms. The van der Waals surface area contributed by atoms with Gasteiger partial charge in [-0.1, -0.05) is 53.6 Å². The Hall–Kier alpha value is -1.36. The average molecular weight is 336 g/mol. The minimum absolute atomic E-state index is 0.134. The molecule has 0 aromatic heterocycles. The molecule has 0 aliphatic heterocycles. The molecular weight excluding hydrogens is 318 g/mol. The van der Waals surface area contributed by atoms with Crippen LogP contribution >= 0.6 is 11.6 Å². The van der Waals surface area contributed by atoms with E-state index >= 15 is 0 Å². The van der Waals surface area contributed by atoms with Crippen molar-refractivity contribution in [3.05, 3.63) is 64.7 Å². The topological polar surface area (TPSA) is 46.2 Å². The zero-order valence-corrected chi connectivity index (χ0v) is 13.9. The maximum atomic E-state index is 12.6. The average Bonchev–Trinajstić information content (AvgIpc) is 3.31. The molecule has 116 valence electrons. The van der Waals surface area contributed by atoms with Gasteiger partial charge in [0.2, 0.25) is 10.0 Å². The van der Waals surface area contributed by atoms with Crippen molar-refractivity contribution in [1.29, 1.82) is 0 Å². The van der Waals surface area contributed by atoms with Crippen molar-refractivity contribution in [1.82, 2.24) is 4.72 Å². The van der Waals surface area contributed by atoms with E-state index in [1.165, 1.54) is 6.07 Å². The summed E-state index contributed by atoms with van der Waals surface area (Å²) < 4.78 is 28.1. The highest BCUT2D eigenvalue weighted by molar-refractivity contribution is 7.89. The molecule has 2 aromatic rings. The zero-order valence-electron chi connectivity index (χ0n) is 12.3. The van der Waals surface area contributed by atoms with Gasteiger partial charge in [0.05, 0.1) is 5.02 Å². The van der Waals surface area contributed by atoms with Gasteiger partial charge in [0.15, 0.2) is 0 Å². The second-order valence-corrected chi connectivity index (χ2v) is 7.87. The zero-order chi connectivity index (χ0) is 15.7. The van der Waals surface area contributed by atoms with Crippen LogP contribution in [0.2, 0.25) is 5.02 Å². The Morgan fingerprint density at radius 1 is 1.09 bits per heavy atom. The van der Waals surface area contributed by atoms with Crippen LogP contribution in [0.25, 0.3) is 0 Å². The van der Waals surface area contributed by atoms with Gasteiger partial charge in [-0.2, -0.15) is 0 Å². The van der Waals surface area contributed by atoms with Crippen LogP contribution in [0.5, 0.6) is 0 Å². The lowest BCUT2D eigenvalue weighted by Gasteiger charge is -2.19. The van der Waals surface area contributed by atoms with Gasteiger partial charge in [0.1, 0.15) is 4.90 Å². The van der Waals surface area contributed by atoms with Crippen LogP contribution in [0.15, 0.2) is 53.4 Å². The van der Waals surface area contributed by atoms with Crippen molar-refractivity contribution in [2.75, 3.05) is 0 Å². The number of halogens is 1. The summed E-state index contributed by atoms with van der Waals surface area (Å²) >= 11 is 6.04. The Balaban J connectivity index is 1.91. The standard InChI is InChI=1S/C17H18ClNO2S/c1-12-6-8-13(9-7-12)17(14-10-11-14)19-22(20,21)16-5-3-2-4-15(16)18/h2-9,14,17,19H,10-11H2,1H3/t17-/m0/s1. The van der Waals surface area contributed by atoms with E-state index in [1.54, 1.807) is 18.2 Å². The molecule has 1 aliphatic rings. The highest BCUT2D eigenvalue weighted by Crippen LogP contribution is 2.42. The van der Waals surface area contributed by atoms with Crippen molar-refractivity contribution in [2.24, 2.45) is 5.92 Å². The maximum Gasteiger partial charge on any atom is 0.242 e. The van der Waals surface area contributed by atoms with Crippen LogP contribution in [0.4, 0.5) is 0 Å². The highest BCUT2D eigenvalue weighted by Gasteiger charge is 2.35. The highest BCUT2D eigenvalue weighted by atomic mass is 35.5. The molecule has 0 radical (unpaired) electrons. The van der Waals surface area contributed by atoms with Gasteiger partial charge in [0.25, 0.3) is 0 Å². The summed E-state index contributed by atoms with van der Waals surface area (Å²) in [5, 5.41) is 0.244. The molecule has 0 spiro atoms. The van der Waals surface area contributed by atoms with Gasteiger partial charge < -0.3 is 0 Å². The Morgan fingerprint density at radius 3 is 2.32 bits per heavy atom. The van der Waals surface area contributed by atoms with E-state index in [1.807, 2.05) is 31.2 Å². The third kappa shape index (κ3) is 3.35. The lowest BCUT2D eigenvalue weighted by atomic mass is 10.0. The lowest BCUT2D eigenvalue weighted by molar-refractivity contribution is 0.529. The van der Waals surface area contributed by atoms with E-state index in [4.69, 9.17) is 11.6 Å². The molecule has 0 bridgehead atoms. The number of nitrogens with one attached hydrogen (secondary N) is 1. The van der Waals surface area contributed by atoms with Gasteiger partial charge >= 0.3 is 0 Å². The first-order valence-electron chi connectivity index (χ1n) is 7.31. The second-order valence-electron chi connectivity index (χ2n) is 5.78. The monoisotopic (exact) mass is 335 g/mol. The predicted molar refractivity (Wildman–Crippen MR) is 88.4 cm³/mol. The van der Waals surface area contributed by atoms with Gasteiger partial charge in [-0.15, -0.1) is 0 Å². The van der Waals surface area contributed by atoms with Crippen molar-refractivity contribution < 1.29 is 8.42 Å². The smallest absolute Gasteiger partial charge is 0.207 e. The van der Waals surface area contributed by atoms with Gasteiger partial charge in [-0.05, 0) is 43.4 Å². The molecule has 3 nitrogen and oxygen atoms in total. The van der Waals surface area contributed by atoms with Gasteiger partial charge in [0, 0.05) is 6.04 Å². The van der Waals surface area contributed by atoms with E-state index in [2.05, 4.69) is 4.72 Å². The molecule has 0 unspecified atom stereocenters. The van der Waals surface area contributed by atoms with Crippen LogP contribution < -0.4 is 4.72 Å². The molecule has 1 aliphatic carbocycles. The SMILES string of the molecule is Cc1ccc([C@H](NS(=O)(=O)c2ccccc2Cl)C2CC2)cc1. The molecule has 1 saturated carbocycles. The third-order valence-electron chi connectivity index (χ3n) is 3.94. The Bertz CT molecular complexity index is 768. The van der Waals surface area contributed by atoms with Gasteiger partial charge in [-0.3, -0.25) is 0 Å². The van der Waals surface area contributed by atoms with E-state index in [-0.39, 0.29) is 16.0 Å². The summed E-state index contributed by atoms with van der Waals surface area (Å²) in [6.07, 6.45) is 2.09. The number of benzene rings is 2. The number of sulfonamides is 1. The molecule has 0 saturated heterocycles. The first-order valence-corrected chi connectivity index (χ1v) is 9.17. The van der Waals surface area contributed by atoms with E-state index in [0.29, 0.717) is 5.92 Å². The first-order chi connectivity index (χ1) is 10.5. The summed E-state index contributed by atoms with van der Waals surface area (Å²) in [5.41, 5.74) is 2.16. The number of hydrogen-bond donors (Lipinski definition) is 1. The van der Waals surface area contributed by atoms with E-state index in [0.717, 1.165) is 24.0 Å². The second kappa shape index (κ2) is 6.03. The number of rotatable bonds is 5. The van der Waals surface area contributed by atoms with Crippen LogP contribution in [0, 0.1) is 12.8 Å². The largest absolute Gasteiger partial charge is 0.242 e. The summed E-state index contributed by atoms with van der Waals surface area (Å²) in [7, 11) is -3.64. The van der Waals surface area contributed by atoms with Crippen LogP contribution in [0.1, 0.15) is 30.0 Å². The molecule has 1 atom stereocenters. The fourth-order valence-electron chi connectivity index (χ4n) is 2.53. The van der Waals surface area contributed by atoms with Crippen molar-refractivity contribution in [3.8, 4) is 0 Å². The van der Waals surface area contributed by atoms with Crippen molar-refractivity contribution >= 4 is 21.6 Å². The Kier molecular flexibility index (Phi) is 4.26. The Morgan fingerprint density at radius 2 is 1.73 bits per heavy atom. The van der Waals surface area contributed by atoms with Crippen LogP contribution in [0.3, 0.4) is 0 Å². The molecular formula is C17H18ClNO2S. The molecule has 0 heterocycles. The fraction of sp³-hybridized carbons (Fsp3) is 0.294. The molecule has 1 fully saturated rings. The van der Waals surface area contributed by atoms with Crippen LogP contribution in [-0.2, 0) is 10.0 Å². The number of aryl methyl sites for hydroxylation is 1. The normalized spacial score (nSPS) is 16.5. The van der Waals surface area contributed by atoms with Crippen molar-refractivity contribution in [3.63, 3.8) is 0 Å². The maximum absolute atomic E-state index is 12.6. The summed E-state index contributed by atoms with van der Waals surface area (Å²) in [5.74, 6) is 0.361. The van der Waals surface area contributed by atoms with E-state index < -0.39 is 10.0 Å². The molecule has 2 aromatic carbocycles. The predicted octanol–water partition coefficient (Wildman–Crippen LogP) is 4.08. The Labute approximate surface area is 136 Å². The van der Waals surface area contributed by atoms with Crippen molar-refractivity contribution in [2.45, 2.75) is 30.7 Å². The number of hydrogen-bond acceptors (Lipinski definition) is 2.